The number of hydrogen-bond donors (Lipinski definition) is 4. The zero-order valence-corrected chi connectivity index (χ0v) is 33.0. The summed E-state index contributed by atoms with van der Waals surface area (Å²) in [5.41, 5.74) is 0. The maximum Gasteiger partial charge on any atom is 0.469 e. The Labute approximate surface area is 317 Å². The van der Waals surface area contributed by atoms with E-state index in [1.54, 1.807) is 12.2 Å². The number of aliphatic hydroxyl groups excluding tert-OH is 2. The second-order valence-corrected chi connectivity index (χ2v) is 14.9. The fraction of sp³-hybridized carbons (Fsp3) is 0.683. The predicted molar refractivity (Wildman–Crippen MR) is 208 cm³/mol. The predicted octanol–water partition coefficient (Wildman–Crippen LogP) is 8.32. The molecule has 1 aliphatic carbocycles. The molecule has 1 fully saturated rings. The number of phosphoric acid groups is 1. The van der Waals surface area contributed by atoms with Crippen molar-refractivity contribution in [3.63, 3.8) is 0 Å². The van der Waals surface area contributed by atoms with Crippen LogP contribution in [0.4, 0.5) is 0 Å². The first-order valence-corrected chi connectivity index (χ1v) is 21.2. The van der Waals surface area contributed by atoms with Crippen LogP contribution in [0.25, 0.3) is 0 Å². The van der Waals surface area contributed by atoms with Gasteiger partial charge in [0.1, 0.15) is 12.4 Å². The van der Waals surface area contributed by atoms with Crippen molar-refractivity contribution < 1.29 is 52.9 Å². The number of rotatable bonds is 31. The van der Waals surface area contributed by atoms with Gasteiger partial charge in [-0.2, -0.15) is 0 Å². The maximum atomic E-state index is 12.5. The molecule has 0 aliphatic heterocycles. The number of ether oxygens (including phenoxy) is 2. The summed E-state index contributed by atoms with van der Waals surface area (Å²) in [7, 11) is -4.83. The number of unbranched alkanes of at least 4 members (excludes halogenated alkanes) is 7. The lowest BCUT2D eigenvalue weighted by molar-refractivity contribution is -0.161. The van der Waals surface area contributed by atoms with Gasteiger partial charge in [0.2, 0.25) is 0 Å². The molecule has 0 heterocycles. The molecular weight excluding hydrogens is 699 g/mol. The third kappa shape index (κ3) is 26.7. The second-order valence-electron chi connectivity index (χ2n) is 13.7. The number of carbonyl (C=O) groups is 3. The Kier molecular flexibility index (Phi) is 28.0. The van der Waals surface area contributed by atoms with Gasteiger partial charge in [-0.1, -0.05) is 113 Å². The van der Waals surface area contributed by atoms with Crippen LogP contribution in [0.5, 0.6) is 0 Å². The van der Waals surface area contributed by atoms with E-state index in [9.17, 15) is 29.2 Å². The quantitative estimate of drug-likeness (QED) is 0.0231. The first-order valence-electron chi connectivity index (χ1n) is 19.7. The van der Waals surface area contributed by atoms with Gasteiger partial charge in [0.25, 0.3) is 0 Å². The van der Waals surface area contributed by atoms with Crippen molar-refractivity contribution >= 4 is 25.5 Å². The lowest BCUT2D eigenvalue weighted by Crippen LogP contribution is -2.29. The highest BCUT2D eigenvalue weighted by Crippen LogP contribution is 2.36. The van der Waals surface area contributed by atoms with Gasteiger partial charge in [0, 0.05) is 31.1 Å². The minimum atomic E-state index is -4.83. The summed E-state index contributed by atoms with van der Waals surface area (Å²) in [6.07, 6.45) is 31.4. The molecule has 0 spiro atoms. The van der Waals surface area contributed by atoms with Crippen LogP contribution in [0.15, 0.2) is 60.8 Å². The largest absolute Gasteiger partial charge is 0.469 e. The van der Waals surface area contributed by atoms with Crippen molar-refractivity contribution in [3.8, 4) is 0 Å². The molecular formula is C41H67O11P. The topological polar surface area (TPSA) is 177 Å². The van der Waals surface area contributed by atoms with E-state index in [1.807, 2.05) is 0 Å². The van der Waals surface area contributed by atoms with E-state index >= 15 is 0 Å². The minimum Gasteiger partial charge on any atom is -0.462 e. The molecule has 0 unspecified atom stereocenters. The number of allylic oxidation sites excluding steroid dienone is 8. The molecule has 0 bridgehead atoms. The fourth-order valence-electron chi connectivity index (χ4n) is 5.96. The average molecular weight is 767 g/mol. The zero-order valence-electron chi connectivity index (χ0n) is 32.1. The number of ketones is 1. The SMILES string of the molecule is CC/C=C\C/C=C\C/C=C\C/C=C\CCCCC(=O)OC[C@H](COP(=O)(O)O)OC(=O)CCCCCC[C@H]1C(=O)C[C@@H](O)[C@@H]1/C=C/[C@@H](O)CCCCC. The monoisotopic (exact) mass is 766 g/mol. The molecule has 0 aromatic rings. The lowest BCUT2D eigenvalue weighted by atomic mass is 9.88. The first-order chi connectivity index (χ1) is 25.5. The second kappa shape index (κ2) is 30.6. The van der Waals surface area contributed by atoms with Gasteiger partial charge in [-0.25, -0.2) is 4.57 Å². The highest BCUT2D eigenvalue weighted by molar-refractivity contribution is 7.46. The summed E-state index contributed by atoms with van der Waals surface area (Å²) in [5, 5.41) is 20.6. The van der Waals surface area contributed by atoms with E-state index in [0.29, 0.717) is 32.1 Å². The summed E-state index contributed by atoms with van der Waals surface area (Å²) in [5.74, 6) is -1.67. The van der Waals surface area contributed by atoms with Gasteiger partial charge < -0.3 is 29.5 Å². The average Bonchev–Trinajstić information content (AvgIpc) is 3.38. The Morgan fingerprint density at radius 1 is 0.811 bits per heavy atom. The van der Waals surface area contributed by atoms with Crippen molar-refractivity contribution in [3.05, 3.63) is 60.8 Å². The summed E-state index contributed by atoms with van der Waals surface area (Å²) >= 11 is 0. The molecule has 0 aromatic carbocycles. The number of aliphatic hydroxyl groups is 2. The van der Waals surface area contributed by atoms with Crippen LogP contribution in [-0.2, 0) is 32.9 Å². The normalized spacial score (nSPS) is 19.4. The van der Waals surface area contributed by atoms with Crippen LogP contribution in [-0.4, -0.2) is 69.2 Å². The highest BCUT2D eigenvalue weighted by Gasteiger charge is 2.39. The molecule has 53 heavy (non-hydrogen) atoms. The van der Waals surface area contributed by atoms with Gasteiger partial charge in [0.05, 0.1) is 18.8 Å². The fourth-order valence-corrected chi connectivity index (χ4v) is 6.32. The van der Waals surface area contributed by atoms with E-state index in [-0.39, 0.29) is 43.5 Å². The van der Waals surface area contributed by atoms with Crippen LogP contribution in [0.3, 0.4) is 0 Å². The van der Waals surface area contributed by atoms with Crippen molar-refractivity contribution in [2.24, 2.45) is 11.8 Å². The molecule has 0 amide bonds. The maximum absolute atomic E-state index is 12.5. The van der Waals surface area contributed by atoms with E-state index < -0.39 is 44.7 Å². The number of carbonyl (C=O) groups excluding carboxylic acids is 3. The standard InChI is InChI=1S/C41H67O11P/c1-3-5-7-8-9-10-11-12-13-14-15-16-17-18-23-27-40(45)50-32-35(33-51-53(47,48)49)52-41(46)28-24-20-19-22-26-36-37(39(44)31-38(36)43)30-29-34(42)25-21-6-4-2/h5,7,9-10,12-13,15-16,29-30,34-37,39,42,44H,3-4,6,8,11,14,17-28,31-33H2,1-2H3,(H2,47,48,49)/b7-5-,10-9-,13-12-,16-15-,30-29+/t34-,35+,36+,37+,39+/m0/s1. The van der Waals surface area contributed by atoms with E-state index in [1.165, 1.54) is 0 Å². The van der Waals surface area contributed by atoms with Gasteiger partial charge in [-0.3, -0.25) is 18.9 Å². The minimum absolute atomic E-state index is 0.0299. The third-order valence-corrected chi connectivity index (χ3v) is 9.40. The molecule has 4 N–H and O–H groups in total. The number of hydrogen-bond acceptors (Lipinski definition) is 9. The van der Waals surface area contributed by atoms with Gasteiger partial charge in [-0.15, -0.1) is 0 Å². The Bertz CT molecular complexity index is 1200. The number of esters is 2. The molecule has 12 heteroatoms. The van der Waals surface area contributed by atoms with Crippen molar-refractivity contribution in [2.45, 2.75) is 154 Å². The van der Waals surface area contributed by atoms with Crippen LogP contribution in [0.1, 0.15) is 136 Å². The molecule has 1 aliphatic rings. The number of Topliss-reactive ketones (excluding diaryl/α,β-unsaturated/α-hetero) is 1. The summed E-state index contributed by atoms with van der Waals surface area (Å²) < 4.78 is 26.3. The van der Waals surface area contributed by atoms with Gasteiger partial charge >= 0.3 is 19.8 Å². The van der Waals surface area contributed by atoms with E-state index in [4.69, 9.17) is 19.3 Å². The van der Waals surface area contributed by atoms with Crippen molar-refractivity contribution in [2.75, 3.05) is 13.2 Å². The first kappa shape index (κ1) is 48.4. The number of phosphoric ester groups is 1. The summed E-state index contributed by atoms with van der Waals surface area (Å²) in [4.78, 5) is 55.5. The summed E-state index contributed by atoms with van der Waals surface area (Å²) in [6, 6.07) is 0. The van der Waals surface area contributed by atoms with Crippen LogP contribution >= 0.6 is 7.82 Å². The van der Waals surface area contributed by atoms with Crippen LogP contribution in [0.2, 0.25) is 0 Å². The van der Waals surface area contributed by atoms with E-state index in [0.717, 1.165) is 70.6 Å². The van der Waals surface area contributed by atoms with Crippen LogP contribution < -0.4 is 0 Å². The molecule has 0 saturated heterocycles. The molecule has 11 nitrogen and oxygen atoms in total. The third-order valence-electron chi connectivity index (χ3n) is 8.92. The zero-order chi connectivity index (χ0) is 39.2. The Balaban J connectivity index is 2.33. The Hall–Kier alpha value is -2.66. The molecule has 302 valence electrons. The molecule has 0 aromatic heterocycles. The van der Waals surface area contributed by atoms with Crippen molar-refractivity contribution in [1.29, 1.82) is 0 Å². The Morgan fingerprint density at radius 2 is 1.43 bits per heavy atom. The molecule has 0 radical (unpaired) electrons. The van der Waals surface area contributed by atoms with Crippen LogP contribution in [0, 0.1) is 11.8 Å². The smallest absolute Gasteiger partial charge is 0.462 e. The van der Waals surface area contributed by atoms with Crippen molar-refractivity contribution in [1.82, 2.24) is 0 Å². The summed E-state index contributed by atoms with van der Waals surface area (Å²) in [6.45, 7) is 3.21. The van der Waals surface area contributed by atoms with Gasteiger partial charge in [0.15, 0.2) is 6.10 Å². The lowest BCUT2D eigenvalue weighted by Gasteiger charge is -2.19. The molecule has 1 rings (SSSR count). The molecule has 1 saturated carbocycles. The highest BCUT2D eigenvalue weighted by atomic mass is 31.2. The van der Waals surface area contributed by atoms with Gasteiger partial charge in [-0.05, 0) is 64.2 Å². The molecule has 5 atom stereocenters. The Morgan fingerprint density at radius 3 is 2.09 bits per heavy atom. The van der Waals surface area contributed by atoms with E-state index in [2.05, 4.69) is 67.0 Å².